The molecule has 1 aliphatic carbocycles. The van der Waals surface area contributed by atoms with Gasteiger partial charge in [0.25, 0.3) is 0 Å². The highest BCUT2D eigenvalue weighted by molar-refractivity contribution is 14.0. The molecule has 0 spiro atoms. The summed E-state index contributed by atoms with van der Waals surface area (Å²) in [5.74, 6) is 2.01. The van der Waals surface area contributed by atoms with Crippen molar-refractivity contribution in [2.24, 2.45) is 10.9 Å². The van der Waals surface area contributed by atoms with Gasteiger partial charge in [0.05, 0.1) is 0 Å². The molecule has 21 heavy (non-hydrogen) atoms. The highest BCUT2D eigenvalue weighted by Gasteiger charge is 2.38. The maximum absolute atomic E-state index is 4.50. The summed E-state index contributed by atoms with van der Waals surface area (Å²) in [7, 11) is 1.92. The number of nitrogens with one attached hydrogen (secondary N) is 1. The minimum absolute atomic E-state index is 0. The lowest BCUT2D eigenvalue weighted by Gasteiger charge is -2.25. The van der Waals surface area contributed by atoms with E-state index in [1.54, 1.807) is 0 Å². The Kier molecular flexibility index (Phi) is 6.34. The normalized spacial score (nSPS) is 32.4. The Morgan fingerprint density at radius 3 is 2.76 bits per heavy atom. The maximum Gasteiger partial charge on any atom is 0.193 e. The second-order valence-electron chi connectivity index (χ2n) is 6.40. The molecule has 2 fully saturated rings. The fourth-order valence-corrected chi connectivity index (χ4v) is 3.60. The van der Waals surface area contributed by atoms with Crippen LogP contribution in [0.1, 0.15) is 32.6 Å². The summed E-state index contributed by atoms with van der Waals surface area (Å²) in [6, 6.07) is 1.38. The van der Waals surface area contributed by atoms with Crippen LogP contribution in [0.2, 0.25) is 0 Å². The van der Waals surface area contributed by atoms with E-state index >= 15 is 0 Å². The van der Waals surface area contributed by atoms with Crippen molar-refractivity contribution in [3.63, 3.8) is 0 Å². The predicted octanol–water partition coefficient (Wildman–Crippen LogP) is 2.31. The molecular formula is C16H29IN4. The van der Waals surface area contributed by atoms with Crippen LogP contribution in [0.15, 0.2) is 17.1 Å². The van der Waals surface area contributed by atoms with Crippen LogP contribution < -0.4 is 5.32 Å². The molecule has 0 aromatic carbocycles. The Morgan fingerprint density at radius 1 is 1.33 bits per heavy atom. The third-order valence-corrected chi connectivity index (χ3v) is 4.93. The minimum Gasteiger partial charge on any atom is -0.353 e. The Balaban J connectivity index is 0.00000161. The minimum atomic E-state index is 0. The van der Waals surface area contributed by atoms with Crippen LogP contribution in [-0.2, 0) is 0 Å². The first kappa shape index (κ1) is 17.1. The molecule has 2 aliphatic heterocycles. The number of guanidine groups is 1. The van der Waals surface area contributed by atoms with Crippen LogP contribution in [0.3, 0.4) is 0 Å². The highest BCUT2D eigenvalue weighted by Crippen LogP contribution is 2.34. The average molecular weight is 404 g/mol. The lowest BCUT2D eigenvalue weighted by Crippen LogP contribution is -2.43. The first-order chi connectivity index (χ1) is 9.81. The highest BCUT2D eigenvalue weighted by atomic mass is 127. The molecule has 120 valence electrons. The monoisotopic (exact) mass is 404 g/mol. The van der Waals surface area contributed by atoms with Gasteiger partial charge in [0.2, 0.25) is 0 Å². The molecule has 5 heteroatoms. The van der Waals surface area contributed by atoms with Crippen LogP contribution in [0.25, 0.3) is 0 Å². The first-order valence-corrected chi connectivity index (χ1v) is 8.19. The van der Waals surface area contributed by atoms with Crippen molar-refractivity contribution in [3.8, 4) is 0 Å². The molecule has 1 N–H and O–H groups in total. The quantitative estimate of drug-likeness (QED) is 0.338. The van der Waals surface area contributed by atoms with Gasteiger partial charge in [-0.2, -0.15) is 0 Å². The van der Waals surface area contributed by atoms with Crippen molar-refractivity contribution in [3.05, 3.63) is 12.2 Å². The fourth-order valence-electron chi connectivity index (χ4n) is 3.60. The van der Waals surface area contributed by atoms with Crippen molar-refractivity contribution in [1.29, 1.82) is 0 Å². The van der Waals surface area contributed by atoms with E-state index in [0.29, 0.717) is 12.1 Å². The molecule has 0 bridgehead atoms. The number of hydrogen-bond donors (Lipinski definition) is 1. The van der Waals surface area contributed by atoms with Crippen LogP contribution in [-0.4, -0.2) is 61.1 Å². The molecule has 3 aliphatic rings. The van der Waals surface area contributed by atoms with E-state index < -0.39 is 0 Å². The van der Waals surface area contributed by atoms with Gasteiger partial charge in [-0.1, -0.05) is 25.5 Å². The van der Waals surface area contributed by atoms with E-state index in [0.717, 1.165) is 38.1 Å². The molecule has 2 heterocycles. The van der Waals surface area contributed by atoms with Gasteiger partial charge in [-0.3, -0.25) is 9.89 Å². The van der Waals surface area contributed by atoms with Crippen LogP contribution >= 0.6 is 24.0 Å². The molecule has 3 unspecified atom stereocenters. The standard InChI is InChI=1S/C16H28N4.HI/c1-3-6-13-11-15(13)18-16(17-2)20-10-7-14(12-20)19-8-4-5-9-19;/h4-5,13-15H,3,6-12H2,1-2H3,(H,17,18);1H. The number of aliphatic imine (C=N–C) groups is 1. The summed E-state index contributed by atoms with van der Waals surface area (Å²) in [6.45, 7) is 6.81. The van der Waals surface area contributed by atoms with Crippen LogP contribution in [0.4, 0.5) is 0 Å². The molecule has 3 atom stereocenters. The smallest absolute Gasteiger partial charge is 0.193 e. The lowest BCUT2D eigenvalue weighted by atomic mass is 10.2. The van der Waals surface area contributed by atoms with Crippen molar-refractivity contribution in [1.82, 2.24) is 15.1 Å². The SMILES string of the molecule is CCCC1CC1NC(=NC)N1CCC(N2CC=CC2)C1.I. The largest absolute Gasteiger partial charge is 0.353 e. The predicted molar refractivity (Wildman–Crippen MR) is 99.4 cm³/mol. The summed E-state index contributed by atoms with van der Waals surface area (Å²) >= 11 is 0. The topological polar surface area (TPSA) is 30.9 Å². The van der Waals surface area contributed by atoms with E-state index in [-0.39, 0.29) is 24.0 Å². The van der Waals surface area contributed by atoms with E-state index in [4.69, 9.17) is 0 Å². The Bertz CT molecular complexity index is 388. The van der Waals surface area contributed by atoms with Gasteiger partial charge in [0.1, 0.15) is 0 Å². The summed E-state index contributed by atoms with van der Waals surface area (Å²) in [5.41, 5.74) is 0. The van der Waals surface area contributed by atoms with Gasteiger partial charge in [-0.05, 0) is 25.2 Å². The third kappa shape index (κ3) is 4.12. The van der Waals surface area contributed by atoms with E-state index in [1.807, 2.05) is 7.05 Å². The Labute approximate surface area is 146 Å². The number of rotatable bonds is 4. The summed E-state index contributed by atoms with van der Waals surface area (Å²) in [6.07, 6.45) is 9.84. The summed E-state index contributed by atoms with van der Waals surface area (Å²) in [4.78, 5) is 9.53. The van der Waals surface area contributed by atoms with E-state index in [1.165, 1.54) is 25.7 Å². The molecule has 1 saturated heterocycles. The van der Waals surface area contributed by atoms with Crippen molar-refractivity contribution in [2.75, 3.05) is 33.2 Å². The molecule has 0 amide bonds. The van der Waals surface area contributed by atoms with Crippen LogP contribution in [0, 0.1) is 5.92 Å². The third-order valence-electron chi connectivity index (χ3n) is 4.93. The van der Waals surface area contributed by atoms with Crippen molar-refractivity contribution >= 4 is 29.9 Å². The zero-order valence-electron chi connectivity index (χ0n) is 13.3. The Hall–Kier alpha value is -0.300. The van der Waals surface area contributed by atoms with E-state index in [2.05, 4.69) is 39.2 Å². The summed E-state index contributed by atoms with van der Waals surface area (Å²) in [5, 5.41) is 3.67. The van der Waals surface area contributed by atoms with Gasteiger partial charge in [0.15, 0.2) is 5.96 Å². The second-order valence-corrected chi connectivity index (χ2v) is 6.40. The van der Waals surface area contributed by atoms with Gasteiger partial charge < -0.3 is 10.2 Å². The Morgan fingerprint density at radius 2 is 2.10 bits per heavy atom. The molecule has 0 aromatic heterocycles. The number of nitrogens with zero attached hydrogens (tertiary/aromatic N) is 3. The average Bonchev–Trinajstić information content (AvgIpc) is 2.92. The lowest BCUT2D eigenvalue weighted by molar-refractivity contribution is 0.259. The molecule has 0 radical (unpaired) electrons. The van der Waals surface area contributed by atoms with Gasteiger partial charge in [-0.15, -0.1) is 24.0 Å². The number of halogens is 1. The molecule has 4 nitrogen and oxygen atoms in total. The first-order valence-electron chi connectivity index (χ1n) is 8.19. The molecule has 3 rings (SSSR count). The van der Waals surface area contributed by atoms with Crippen molar-refractivity contribution < 1.29 is 0 Å². The van der Waals surface area contributed by atoms with Crippen LogP contribution in [0.5, 0.6) is 0 Å². The van der Waals surface area contributed by atoms with E-state index in [9.17, 15) is 0 Å². The van der Waals surface area contributed by atoms with Crippen molar-refractivity contribution in [2.45, 2.75) is 44.7 Å². The number of hydrogen-bond acceptors (Lipinski definition) is 2. The molecular weight excluding hydrogens is 375 g/mol. The number of likely N-dealkylation sites (tertiary alicyclic amines) is 1. The second kappa shape index (κ2) is 7.81. The molecule has 1 saturated carbocycles. The molecule has 0 aromatic rings. The van der Waals surface area contributed by atoms with Gasteiger partial charge in [-0.25, -0.2) is 0 Å². The zero-order valence-corrected chi connectivity index (χ0v) is 15.6. The zero-order chi connectivity index (χ0) is 13.9. The summed E-state index contributed by atoms with van der Waals surface area (Å²) < 4.78 is 0. The fraction of sp³-hybridized carbons (Fsp3) is 0.812. The van der Waals surface area contributed by atoms with Gasteiger partial charge in [0, 0.05) is 45.3 Å². The van der Waals surface area contributed by atoms with Gasteiger partial charge >= 0.3 is 0 Å². The maximum atomic E-state index is 4.50.